The molecule has 1 aromatic carbocycles. The van der Waals surface area contributed by atoms with Gasteiger partial charge in [-0.1, -0.05) is 18.2 Å². The van der Waals surface area contributed by atoms with Gasteiger partial charge in [-0.25, -0.2) is 0 Å². The lowest BCUT2D eigenvalue weighted by molar-refractivity contribution is 0.610. The van der Waals surface area contributed by atoms with Crippen LogP contribution in [0.3, 0.4) is 0 Å². The highest BCUT2D eigenvalue weighted by Gasteiger charge is 1.90. The third-order valence-corrected chi connectivity index (χ3v) is 1.31. The normalized spacial score (nSPS) is 9.00. The first-order valence-corrected chi connectivity index (χ1v) is 2.94. The summed E-state index contributed by atoms with van der Waals surface area (Å²) in [6.45, 7) is 2.03. The Morgan fingerprint density at radius 2 is 2.00 bits per heavy atom. The molecule has 0 radical (unpaired) electrons. The van der Waals surface area contributed by atoms with Crippen molar-refractivity contribution in [1.29, 1.82) is 0 Å². The summed E-state index contributed by atoms with van der Waals surface area (Å²) in [5.74, 6) is 0.956. The first-order valence-electron chi connectivity index (χ1n) is 2.94. The zero-order chi connectivity index (χ0) is 6.69. The minimum Gasteiger partial charge on any atom is -0.568 e. The molecule has 0 aliphatic heterocycles. The molecule has 0 amide bonds. The molecule has 0 aliphatic carbocycles. The average molecular weight is 120 g/mol. The highest BCUT2D eigenvalue weighted by Crippen LogP contribution is 2.14. The lowest BCUT2D eigenvalue weighted by atomic mass is 10.2. The SMILES string of the molecule is BOc1ccccc1C. The van der Waals surface area contributed by atoms with E-state index in [-0.39, 0.29) is 0 Å². The number of hydrogen-bond acceptors (Lipinski definition) is 1. The van der Waals surface area contributed by atoms with Crippen molar-refractivity contribution in [2.45, 2.75) is 6.92 Å². The standard InChI is InChI=1S/C7H9BO/c1-6-4-2-3-5-7(6)9-8/h2-5H,8H2,1H3. The Kier molecular flexibility index (Phi) is 1.78. The smallest absolute Gasteiger partial charge is 0.322 e. The molecule has 0 atom stereocenters. The van der Waals surface area contributed by atoms with Crippen molar-refractivity contribution in [2.24, 2.45) is 0 Å². The molecule has 2 heteroatoms. The van der Waals surface area contributed by atoms with E-state index in [1.54, 1.807) is 8.05 Å². The summed E-state index contributed by atoms with van der Waals surface area (Å²) in [5, 5.41) is 0. The summed E-state index contributed by atoms with van der Waals surface area (Å²) in [7, 11) is 1.68. The van der Waals surface area contributed by atoms with Crippen molar-refractivity contribution in [3.05, 3.63) is 29.8 Å². The van der Waals surface area contributed by atoms with Gasteiger partial charge in [-0.15, -0.1) is 0 Å². The molecular weight excluding hydrogens is 111 g/mol. The number of hydrogen-bond donors (Lipinski definition) is 0. The fourth-order valence-corrected chi connectivity index (χ4v) is 0.785. The van der Waals surface area contributed by atoms with Gasteiger partial charge >= 0.3 is 8.05 Å². The van der Waals surface area contributed by atoms with Gasteiger partial charge in [-0.05, 0) is 18.6 Å². The van der Waals surface area contributed by atoms with Crippen molar-refractivity contribution >= 4 is 8.05 Å². The molecule has 0 saturated heterocycles. The Hall–Kier alpha value is -0.915. The van der Waals surface area contributed by atoms with Gasteiger partial charge in [-0.3, -0.25) is 0 Å². The summed E-state index contributed by atoms with van der Waals surface area (Å²) in [4.78, 5) is 0. The van der Waals surface area contributed by atoms with Gasteiger partial charge in [-0.2, -0.15) is 0 Å². The van der Waals surface area contributed by atoms with Gasteiger partial charge in [0.15, 0.2) is 0 Å². The van der Waals surface area contributed by atoms with Gasteiger partial charge < -0.3 is 4.65 Å². The summed E-state index contributed by atoms with van der Waals surface area (Å²) in [6, 6.07) is 7.94. The number of rotatable bonds is 1. The van der Waals surface area contributed by atoms with E-state index in [9.17, 15) is 0 Å². The third kappa shape index (κ3) is 1.25. The minimum atomic E-state index is 0.956. The summed E-state index contributed by atoms with van der Waals surface area (Å²) in [6.07, 6.45) is 0. The van der Waals surface area contributed by atoms with E-state index < -0.39 is 0 Å². The molecule has 0 saturated carbocycles. The van der Waals surface area contributed by atoms with E-state index in [0.29, 0.717) is 0 Å². The second-order valence-corrected chi connectivity index (χ2v) is 1.97. The van der Waals surface area contributed by atoms with Crippen LogP contribution in [0.25, 0.3) is 0 Å². The fraction of sp³-hybridized carbons (Fsp3) is 0.143. The lowest BCUT2D eigenvalue weighted by Crippen LogP contribution is -1.86. The van der Waals surface area contributed by atoms with Crippen LogP contribution in [-0.2, 0) is 0 Å². The van der Waals surface area contributed by atoms with Gasteiger partial charge in [0.2, 0.25) is 0 Å². The van der Waals surface area contributed by atoms with E-state index in [2.05, 4.69) is 0 Å². The molecule has 46 valence electrons. The van der Waals surface area contributed by atoms with Crippen molar-refractivity contribution in [3.63, 3.8) is 0 Å². The molecule has 0 aliphatic rings. The van der Waals surface area contributed by atoms with Crippen LogP contribution in [-0.4, -0.2) is 8.05 Å². The van der Waals surface area contributed by atoms with Crippen LogP contribution >= 0.6 is 0 Å². The molecule has 1 nitrogen and oxygen atoms in total. The van der Waals surface area contributed by atoms with Crippen LogP contribution in [0.1, 0.15) is 5.56 Å². The Bertz CT molecular complexity index is 198. The first kappa shape index (κ1) is 6.21. The summed E-state index contributed by atoms with van der Waals surface area (Å²) in [5.41, 5.74) is 1.18. The molecule has 0 aromatic heterocycles. The second-order valence-electron chi connectivity index (χ2n) is 1.97. The Morgan fingerprint density at radius 1 is 1.33 bits per heavy atom. The molecule has 0 unspecified atom stereocenters. The molecule has 0 spiro atoms. The Labute approximate surface area is 56.1 Å². The van der Waals surface area contributed by atoms with Crippen LogP contribution in [0, 0.1) is 6.92 Å². The van der Waals surface area contributed by atoms with Gasteiger partial charge in [0.1, 0.15) is 5.75 Å². The fourth-order valence-electron chi connectivity index (χ4n) is 0.785. The minimum absolute atomic E-state index is 0.956. The van der Waals surface area contributed by atoms with Gasteiger partial charge in [0, 0.05) is 0 Å². The van der Waals surface area contributed by atoms with Gasteiger partial charge in [0.05, 0.1) is 0 Å². The van der Waals surface area contributed by atoms with Crippen LogP contribution in [0.2, 0.25) is 0 Å². The highest BCUT2D eigenvalue weighted by atomic mass is 16.4. The van der Waals surface area contributed by atoms with Crippen LogP contribution in [0.15, 0.2) is 24.3 Å². The van der Waals surface area contributed by atoms with Crippen LogP contribution in [0.4, 0.5) is 0 Å². The van der Waals surface area contributed by atoms with Crippen molar-refractivity contribution in [2.75, 3.05) is 0 Å². The predicted octanol–water partition coefficient (Wildman–Crippen LogP) is 0.922. The van der Waals surface area contributed by atoms with Gasteiger partial charge in [0.25, 0.3) is 0 Å². The largest absolute Gasteiger partial charge is 0.568 e. The topological polar surface area (TPSA) is 9.23 Å². The maximum Gasteiger partial charge on any atom is 0.322 e. The third-order valence-electron chi connectivity index (χ3n) is 1.31. The molecule has 1 rings (SSSR count). The Morgan fingerprint density at radius 3 is 2.44 bits per heavy atom. The number of aryl methyl sites for hydroxylation is 1. The van der Waals surface area contributed by atoms with E-state index in [0.717, 1.165) is 5.75 Å². The average Bonchev–Trinajstić information content (AvgIpc) is 1.89. The second kappa shape index (κ2) is 2.58. The molecule has 0 heterocycles. The van der Waals surface area contributed by atoms with Crippen LogP contribution in [0.5, 0.6) is 5.75 Å². The maximum absolute atomic E-state index is 5.04. The monoisotopic (exact) mass is 120 g/mol. The van der Waals surface area contributed by atoms with E-state index in [1.807, 2.05) is 31.2 Å². The zero-order valence-electron chi connectivity index (χ0n) is 5.72. The molecule has 0 bridgehead atoms. The van der Waals surface area contributed by atoms with Crippen molar-refractivity contribution < 1.29 is 4.65 Å². The summed E-state index contributed by atoms with van der Waals surface area (Å²) < 4.78 is 5.04. The lowest BCUT2D eigenvalue weighted by Gasteiger charge is -2.01. The van der Waals surface area contributed by atoms with Crippen molar-refractivity contribution in [1.82, 2.24) is 0 Å². The zero-order valence-corrected chi connectivity index (χ0v) is 5.72. The van der Waals surface area contributed by atoms with Crippen molar-refractivity contribution in [3.8, 4) is 5.75 Å². The highest BCUT2D eigenvalue weighted by molar-refractivity contribution is 6.00. The summed E-state index contributed by atoms with van der Waals surface area (Å²) >= 11 is 0. The predicted molar refractivity (Wildman–Crippen MR) is 40.4 cm³/mol. The van der Waals surface area contributed by atoms with E-state index >= 15 is 0 Å². The van der Waals surface area contributed by atoms with Crippen LogP contribution < -0.4 is 4.65 Å². The molecule has 0 fully saturated rings. The molecule has 1 aromatic rings. The molecular formula is C7H9BO. The number of benzene rings is 1. The maximum atomic E-state index is 5.04. The number of para-hydroxylation sites is 1. The quantitative estimate of drug-likeness (QED) is 0.500. The molecule has 0 N–H and O–H groups in total. The molecule has 9 heavy (non-hydrogen) atoms. The first-order chi connectivity index (χ1) is 4.34. The van der Waals surface area contributed by atoms with E-state index in [4.69, 9.17) is 4.65 Å². The Balaban J connectivity index is 3.01. The van der Waals surface area contributed by atoms with E-state index in [1.165, 1.54) is 5.56 Å².